The van der Waals surface area contributed by atoms with Crippen LogP contribution in [0.2, 0.25) is 0 Å². The predicted octanol–water partition coefficient (Wildman–Crippen LogP) is 5.94. The van der Waals surface area contributed by atoms with Crippen LogP contribution in [0.15, 0.2) is 91.0 Å². The average Bonchev–Trinajstić information content (AvgIpc) is 3.44. The summed E-state index contributed by atoms with van der Waals surface area (Å²) in [5.41, 5.74) is 15.7. The van der Waals surface area contributed by atoms with Gasteiger partial charge in [0.2, 0.25) is 0 Å². The average molecular weight is 418 g/mol. The molecule has 1 aromatic heterocycles. The Kier molecular flexibility index (Phi) is 4.32. The first-order chi connectivity index (χ1) is 15.7. The zero-order valence-corrected chi connectivity index (χ0v) is 17.5. The number of benzene rings is 4. The Labute approximate surface area is 186 Å². The summed E-state index contributed by atoms with van der Waals surface area (Å²) in [6.45, 7) is 0. The third-order valence-electron chi connectivity index (χ3n) is 5.96. The highest BCUT2D eigenvalue weighted by Gasteiger charge is 2.21. The number of hydrogen-bond donors (Lipinski definition) is 4. The van der Waals surface area contributed by atoms with Gasteiger partial charge < -0.3 is 21.4 Å². The highest BCUT2D eigenvalue weighted by molar-refractivity contribution is 5.80. The summed E-state index contributed by atoms with van der Waals surface area (Å²) >= 11 is 0. The molecule has 6 rings (SSSR count). The lowest BCUT2D eigenvalue weighted by molar-refractivity contribution is 0.941. The molecule has 0 saturated carbocycles. The Hall–Kier alpha value is -4.25. The van der Waals surface area contributed by atoms with E-state index in [-0.39, 0.29) is 6.17 Å². The molecule has 1 atom stereocenters. The highest BCUT2D eigenvalue weighted by atomic mass is 15.2. The van der Waals surface area contributed by atoms with Crippen molar-refractivity contribution in [3.63, 3.8) is 0 Å². The highest BCUT2D eigenvalue weighted by Crippen LogP contribution is 2.36. The third-order valence-corrected chi connectivity index (χ3v) is 5.96. The van der Waals surface area contributed by atoms with Crippen LogP contribution in [-0.2, 0) is 6.42 Å². The number of nitrogen functional groups attached to an aromatic ring is 1. The molecular weight excluding hydrogens is 394 g/mol. The van der Waals surface area contributed by atoms with E-state index in [9.17, 15) is 0 Å². The first-order valence-corrected chi connectivity index (χ1v) is 10.8. The standard InChI is InChI=1S/C27H23N5/c28-21-10-8-20(9-11-21)27-30-23-13-7-18(16-25(23)32-27)14-17-6-12-22-24(15-17)31-26(29-22)19-4-2-1-3-5-19/h1-13,15-16,27,30,32H,14,28H2,(H,29,31). The van der Waals surface area contributed by atoms with Crippen molar-refractivity contribution >= 4 is 28.1 Å². The van der Waals surface area contributed by atoms with Crippen LogP contribution in [0.4, 0.5) is 17.1 Å². The molecule has 5 N–H and O–H groups in total. The Morgan fingerprint density at radius 3 is 2.34 bits per heavy atom. The molecular formula is C27H23N5. The maximum absolute atomic E-state index is 5.82. The maximum Gasteiger partial charge on any atom is 0.138 e. The molecule has 5 nitrogen and oxygen atoms in total. The number of H-pyrrole nitrogens is 1. The van der Waals surface area contributed by atoms with Gasteiger partial charge >= 0.3 is 0 Å². The van der Waals surface area contributed by atoms with Crippen LogP contribution in [0, 0.1) is 0 Å². The van der Waals surface area contributed by atoms with Gasteiger partial charge in [0.1, 0.15) is 12.0 Å². The summed E-state index contributed by atoms with van der Waals surface area (Å²) in [5.74, 6) is 0.902. The Balaban J connectivity index is 1.22. The molecule has 0 saturated heterocycles. The number of nitrogens with one attached hydrogen (secondary N) is 3. The van der Waals surface area contributed by atoms with E-state index in [4.69, 9.17) is 10.7 Å². The van der Waals surface area contributed by atoms with Crippen molar-refractivity contribution in [2.24, 2.45) is 0 Å². The second kappa shape index (κ2) is 7.46. The lowest BCUT2D eigenvalue weighted by Gasteiger charge is -2.12. The predicted molar refractivity (Wildman–Crippen MR) is 132 cm³/mol. The molecule has 0 amide bonds. The fourth-order valence-electron chi connectivity index (χ4n) is 4.28. The van der Waals surface area contributed by atoms with Gasteiger partial charge in [0, 0.05) is 11.3 Å². The summed E-state index contributed by atoms with van der Waals surface area (Å²) < 4.78 is 0. The molecule has 2 heterocycles. The van der Waals surface area contributed by atoms with Crippen molar-refractivity contribution in [2.45, 2.75) is 12.6 Å². The zero-order valence-electron chi connectivity index (χ0n) is 17.5. The largest absolute Gasteiger partial charge is 0.399 e. The quantitative estimate of drug-likeness (QED) is 0.273. The van der Waals surface area contributed by atoms with Crippen LogP contribution in [-0.4, -0.2) is 9.97 Å². The number of anilines is 3. The Bertz CT molecular complexity index is 1400. The molecule has 0 fully saturated rings. The SMILES string of the molecule is Nc1ccc(C2Nc3ccc(Cc4ccc5nc(-c6ccccc6)[nH]c5c4)cc3N2)cc1. The molecule has 1 unspecified atom stereocenters. The summed E-state index contributed by atoms with van der Waals surface area (Å²) in [6.07, 6.45) is 0.913. The minimum absolute atomic E-state index is 0.0543. The van der Waals surface area contributed by atoms with Gasteiger partial charge in [-0.3, -0.25) is 0 Å². The lowest BCUT2D eigenvalue weighted by atomic mass is 10.0. The summed E-state index contributed by atoms with van der Waals surface area (Å²) in [4.78, 5) is 8.20. The molecule has 0 radical (unpaired) electrons. The van der Waals surface area contributed by atoms with Gasteiger partial charge in [-0.05, 0) is 59.5 Å². The molecule has 1 aliphatic rings. The van der Waals surface area contributed by atoms with Gasteiger partial charge in [-0.25, -0.2) is 4.98 Å². The van der Waals surface area contributed by atoms with Crippen molar-refractivity contribution < 1.29 is 0 Å². The fourth-order valence-corrected chi connectivity index (χ4v) is 4.28. The normalized spacial score (nSPS) is 14.7. The van der Waals surface area contributed by atoms with Crippen molar-refractivity contribution in [1.29, 1.82) is 0 Å². The number of fused-ring (bicyclic) bond motifs is 2. The maximum atomic E-state index is 5.82. The number of aromatic amines is 1. The number of imidazole rings is 1. The van der Waals surface area contributed by atoms with Crippen LogP contribution < -0.4 is 16.4 Å². The Morgan fingerprint density at radius 2 is 1.50 bits per heavy atom. The van der Waals surface area contributed by atoms with Gasteiger partial charge in [-0.1, -0.05) is 54.6 Å². The van der Waals surface area contributed by atoms with Gasteiger partial charge in [0.05, 0.1) is 22.4 Å². The number of rotatable bonds is 4. The molecule has 5 aromatic rings. The number of nitrogens with zero attached hydrogens (tertiary/aromatic N) is 1. The number of aromatic nitrogens is 2. The zero-order chi connectivity index (χ0) is 21.5. The van der Waals surface area contributed by atoms with E-state index in [0.29, 0.717) is 0 Å². The molecule has 5 heteroatoms. The minimum atomic E-state index is 0.0543. The molecule has 0 aliphatic carbocycles. The van der Waals surface area contributed by atoms with E-state index in [2.05, 4.69) is 76.3 Å². The van der Waals surface area contributed by atoms with Gasteiger partial charge in [-0.15, -0.1) is 0 Å². The first kappa shape index (κ1) is 18.5. The summed E-state index contributed by atoms with van der Waals surface area (Å²) in [6, 6.07) is 31.2. The number of nitrogens with two attached hydrogens (primary N) is 1. The summed E-state index contributed by atoms with van der Waals surface area (Å²) in [5, 5.41) is 7.12. The molecule has 32 heavy (non-hydrogen) atoms. The Morgan fingerprint density at radius 1 is 0.750 bits per heavy atom. The van der Waals surface area contributed by atoms with Crippen LogP contribution in [0.1, 0.15) is 22.9 Å². The van der Waals surface area contributed by atoms with Crippen molar-refractivity contribution in [1.82, 2.24) is 9.97 Å². The van der Waals surface area contributed by atoms with Gasteiger partial charge in [0.25, 0.3) is 0 Å². The molecule has 156 valence electrons. The van der Waals surface area contributed by atoms with E-state index < -0.39 is 0 Å². The van der Waals surface area contributed by atoms with Crippen LogP contribution in [0.3, 0.4) is 0 Å². The molecule has 1 aliphatic heterocycles. The fraction of sp³-hybridized carbons (Fsp3) is 0.0741. The van der Waals surface area contributed by atoms with E-state index in [0.717, 1.165) is 51.5 Å². The van der Waals surface area contributed by atoms with E-state index in [1.165, 1.54) is 11.1 Å². The van der Waals surface area contributed by atoms with Crippen molar-refractivity contribution in [3.05, 3.63) is 108 Å². The molecule has 0 bridgehead atoms. The van der Waals surface area contributed by atoms with Crippen LogP contribution in [0.5, 0.6) is 0 Å². The summed E-state index contributed by atoms with van der Waals surface area (Å²) in [7, 11) is 0. The van der Waals surface area contributed by atoms with E-state index in [1.54, 1.807) is 0 Å². The van der Waals surface area contributed by atoms with Gasteiger partial charge in [0.15, 0.2) is 0 Å². The first-order valence-electron chi connectivity index (χ1n) is 10.8. The molecule has 4 aromatic carbocycles. The van der Waals surface area contributed by atoms with Gasteiger partial charge in [-0.2, -0.15) is 0 Å². The lowest BCUT2D eigenvalue weighted by Crippen LogP contribution is -2.11. The smallest absolute Gasteiger partial charge is 0.138 e. The minimum Gasteiger partial charge on any atom is -0.399 e. The van der Waals surface area contributed by atoms with Crippen molar-refractivity contribution in [2.75, 3.05) is 16.4 Å². The van der Waals surface area contributed by atoms with E-state index >= 15 is 0 Å². The topological polar surface area (TPSA) is 78.8 Å². The number of hydrogen-bond acceptors (Lipinski definition) is 4. The monoisotopic (exact) mass is 417 g/mol. The second-order valence-electron chi connectivity index (χ2n) is 8.25. The second-order valence-corrected chi connectivity index (χ2v) is 8.25. The van der Waals surface area contributed by atoms with Crippen LogP contribution >= 0.6 is 0 Å². The van der Waals surface area contributed by atoms with E-state index in [1.807, 2.05) is 30.3 Å². The molecule has 0 spiro atoms. The van der Waals surface area contributed by atoms with Crippen LogP contribution in [0.25, 0.3) is 22.4 Å². The third kappa shape index (κ3) is 3.44. The van der Waals surface area contributed by atoms with Crippen molar-refractivity contribution in [3.8, 4) is 11.4 Å².